The Hall–Kier alpha value is -2.77. The van der Waals surface area contributed by atoms with Crippen LogP contribution in [0.25, 0.3) is 0 Å². The van der Waals surface area contributed by atoms with E-state index in [9.17, 15) is 18.0 Å². The molecule has 0 saturated carbocycles. The molecule has 0 aliphatic carbocycles. The highest BCUT2D eigenvalue weighted by molar-refractivity contribution is 5.90. The number of pyridine rings is 1. The zero-order chi connectivity index (χ0) is 17.7. The molecule has 1 aromatic carbocycles. The third-order valence-electron chi connectivity index (χ3n) is 3.15. The Morgan fingerprint density at radius 2 is 1.92 bits per heavy atom. The number of nitrogens with one attached hydrogen (secondary N) is 1. The van der Waals surface area contributed by atoms with Crippen molar-refractivity contribution < 1.29 is 27.4 Å². The van der Waals surface area contributed by atoms with Gasteiger partial charge in [-0.3, -0.25) is 0 Å². The normalized spacial score (nSPS) is 11.0. The Balaban J connectivity index is 2.12. The first-order chi connectivity index (χ1) is 11.3. The zero-order valence-corrected chi connectivity index (χ0v) is 13.0. The van der Waals surface area contributed by atoms with Crippen LogP contribution in [0.3, 0.4) is 0 Å². The minimum Gasteiger partial charge on any atom is -0.465 e. The second-order valence-corrected chi connectivity index (χ2v) is 4.83. The summed E-state index contributed by atoms with van der Waals surface area (Å²) < 4.78 is 45.8. The maximum atomic E-state index is 12.4. The van der Waals surface area contributed by atoms with Crippen molar-refractivity contribution in [2.45, 2.75) is 19.8 Å². The molecule has 8 heteroatoms. The van der Waals surface area contributed by atoms with Gasteiger partial charge in [0, 0.05) is 12.1 Å². The van der Waals surface area contributed by atoms with E-state index in [0.717, 1.165) is 0 Å². The van der Waals surface area contributed by atoms with Gasteiger partial charge < -0.3 is 14.8 Å². The van der Waals surface area contributed by atoms with Crippen molar-refractivity contribution in [3.63, 3.8) is 0 Å². The number of para-hydroxylation sites is 1. The average molecular weight is 340 g/mol. The van der Waals surface area contributed by atoms with E-state index in [1.54, 1.807) is 19.1 Å². The summed E-state index contributed by atoms with van der Waals surface area (Å²) in [4.78, 5) is 15.7. The lowest BCUT2D eigenvalue weighted by Gasteiger charge is -2.14. The average Bonchev–Trinajstić information content (AvgIpc) is 2.52. The maximum absolute atomic E-state index is 12.4. The van der Waals surface area contributed by atoms with Gasteiger partial charge in [0.15, 0.2) is 0 Å². The van der Waals surface area contributed by atoms with E-state index in [4.69, 9.17) is 0 Å². The van der Waals surface area contributed by atoms with Crippen LogP contribution in [0, 0.1) is 6.92 Å². The molecule has 0 saturated heterocycles. The van der Waals surface area contributed by atoms with Gasteiger partial charge in [0.05, 0.1) is 18.4 Å². The van der Waals surface area contributed by atoms with Gasteiger partial charge in [0.25, 0.3) is 0 Å². The Morgan fingerprint density at radius 3 is 2.54 bits per heavy atom. The van der Waals surface area contributed by atoms with E-state index in [-0.39, 0.29) is 12.3 Å². The number of anilines is 1. The summed E-state index contributed by atoms with van der Waals surface area (Å²) in [5, 5.41) is 2.90. The number of esters is 1. The van der Waals surface area contributed by atoms with Crippen molar-refractivity contribution in [2.75, 3.05) is 12.4 Å². The molecule has 0 bridgehead atoms. The van der Waals surface area contributed by atoms with Crippen LogP contribution in [-0.4, -0.2) is 24.4 Å². The quantitative estimate of drug-likeness (QED) is 0.841. The first kappa shape index (κ1) is 17.6. The van der Waals surface area contributed by atoms with Gasteiger partial charge in [-0.05, 0) is 25.1 Å². The monoisotopic (exact) mass is 340 g/mol. The molecule has 2 aromatic rings. The predicted octanol–water partition coefficient (Wildman–Crippen LogP) is 3.69. The Labute approximate surface area is 136 Å². The largest absolute Gasteiger partial charge is 0.573 e. The predicted molar refractivity (Wildman–Crippen MR) is 80.8 cm³/mol. The molecule has 0 unspecified atom stereocenters. The number of hydrogen-bond acceptors (Lipinski definition) is 5. The van der Waals surface area contributed by atoms with Crippen LogP contribution >= 0.6 is 0 Å². The van der Waals surface area contributed by atoms with Gasteiger partial charge >= 0.3 is 12.3 Å². The van der Waals surface area contributed by atoms with Gasteiger partial charge in [-0.15, -0.1) is 13.2 Å². The fourth-order valence-corrected chi connectivity index (χ4v) is 2.05. The van der Waals surface area contributed by atoms with Crippen LogP contribution in [0.1, 0.15) is 21.6 Å². The molecular weight excluding hydrogens is 325 g/mol. The number of benzene rings is 1. The lowest BCUT2D eigenvalue weighted by molar-refractivity contribution is -0.274. The molecular formula is C16H15F3N2O3. The van der Waals surface area contributed by atoms with Crippen molar-refractivity contribution in [3.8, 4) is 5.75 Å². The number of halogens is 3. The van der Waals surface area contributed by atoms with Crippen molar-refractivity contribution in [2.24, 2.45) is 0 Å². The summed E-state index contributed by atoms with van der Waals surface area (Å²) in [6.45, 7) is 1.72. The first-order valence-electron chi connectivity index (χ1n) is 6.93. The van der Waals surface area contributed by atoms with Gasteiger partial charge in [-0.25, -0.2) is 9.78 Å². The number of methoxy groups -OCH3 is 1. The number of carbonyl (C=O) groups excluding carboxylic acids is 1. The number of aryl methyl sites for hydroxylation is 1. The van der Waals surface area contributed by atoms with E-state index in [0.29, 0.717) is 22.6 Å². The molecule has 0 amide bonds. The third-order valence-corrected chi connectivity index (χ3v) is 3.15. The van der Waals surface area contributed by atoms with Crippen LogP contribution in [0.4, 0.5) is 19.0 Å². The van der Waals surface area contributed by atoms with Gasteiger partial charge in [0.2, 0.25) is 0 Å². The Kier molecular flexibility index (Phi) is 5.28. The number of ether oxygens (including phenoxy) is 2. The molecule has 24 heavy (non-hydrogen) atoms. The number of nitrogens with zero attached hydrogens (tertiary/aromatic N) is 1. The fourth-order valence-electron chi connectivity index (χ4n) is 2.05. The van der Waals surface area contributed by atoms with Gasteiger partial charge in [-0.2, -0.15) is 0 Å². The highest BCUT2D eigenvalue weighted by Gasteiger charge is 2.31. The minimum absolute atomic E-state index is 0.0796. The van der Waals surface area contributed by atoms with Crippen molar-refractivity contribution in [1.29, 1.82) is 0 Å². The fraction of sp³-hybridized carbons (Fsp3) is 0.250. The van der Waals surface area contributed by atoms with E-state index in [1.807, 2.05) is 0 Å². The molecule has 0 radical (unpaired) electrons. The van der Waals surface area contributed by atoms with Crippen molar-refractivity contribution >= 4 is 11.8 Å². The third kappa shape index (κ3) is 4.61. The van der Waals surface area contributed by atoms with Gasteiger partial charge in [-0.1, -0.05) is 18.2 Å². The van der Waals surface area contributed by atoms with E-state index < -0.39 is 12.3 Å². The standard InChI is InChI=1S/C16H15F3N2O3/c1-10-12(15(22)23-2)7-8-14(21-10)20-9-11-5-3-4-6-13(11)24-16(17,18)19/h3-8H,9H2,1-2H3,(H,20,21). The number of hydrogen-bond donors (Lipinski definition) is 1. The van der Waals surface area contributed by atoms with Gasteiger partial charge in [0.1, 0.15) is 11.6 Å². The van der Waals surface area contributed by atoms with E-state index >= 15 is 0 Å². The second kappa shape index (κ2) is 7.20. The Bertz CT molecular complexity index is 733. The summed E-state index contributed by atoms with van der Waals surface area (Å²) in [6, 6.07) is 8.91. The first-order valence-corrected chi connectivity index (χ1v) is 6.93. The minimum atomic E-state index is -4.76. The summed E-state index contributed by atoms with van der Waals surface area (Å²) >= 11 is 0. The molecule has 0 aliphatic heterocycles. The van der Waals surface area contributed by atoms with Crippen LogP contribution in [0.2, 0.25) is 0 Å². The molecule has 2 rings (SSSR count). The maximum Gasteiger partial charge on any atom is 0.573 e. The molecule has 0 fully saturated rings. The van der Waals surface area contributed by atoms with E-state index in [1.165, 1.54) is 31.4 Å². The molecule has 128 valence electrons. The van der Waals surface area contributed by atoms with Crippen LogP contribution in [-0.2, 0) is 11.3 Å². The van der Waals surface area contributed by atoms with Crippen molar-refractivity contribution in [3.05, 3.63) is 53.2 Å². The zero-order valence-electron chi connectivity index (χ0n) is 13.0. The smallest absolute Gasteiger partial charge is 0.465 e. The molecule has 5 nitrogen and oxygen atoms in total. The molecule has 0 atom stereocenters. The Morgan fingerprint density at radius 1 is 1.21 bits per heavy atom. The number of alkyl halides is 3. The molecule has 1 heterocycles. The summed E-state index contributed by atoms with van der Waals surface area (Å²) in [5.41, 5.74) is 1.10. The summed E-state index contributed by atoms with van der Waals surface area (Å²) in [7, 11) is 1.27. The van der Waals surface area contributed by atoms with Crippen LogP contribution in [0.15, 0.2) is 36.4 Å². The summed E-state index contributed by atoms with van der Waals surface area (Å²) in [5.74, 6) is -0.363. The molecule has 0 spiro atoms. The number of aromatic nitrogens is 1. The molecule has 1 aromatic heterocycles. The highest BCUT2D eigenvalue weighted by atomic mass is 19.4. The molecule has 0 aliphatic rings. The highest BCUT2D eigenvalue weighted by Crippen LogP contribution is 2.26. The topological polar surface area (TPSA) is 60.5 Å². The summed E-state index contributed by atoms with van der Waals surface area (Å²) in [6.07, 6.45) is -4.76. The lowest BCUT2D eigenvalue weighted by atomic mass is 10.2. The number of rotatable bonds is 5. The van der Waals surface area contributed by atoms with Crippen LogP contribution < -0.4 is 10.1 Å². The molecule has 1 N–H and O–H groups in total. The number of carbonyl (C=O) groups is 1. The SMILES string of the molecule is COC(=O)c1ccc(NCc2ccccc2OC(F)(F)F)nc1C. The van der Waals surface area contributed by atoms with E-state index in [2.05, 4.69) is 19.8 Å². The van der Waals surface area contributed by atoms with Crippen molar-refractivity contribution in [1.82, 2.24) is 4.98 Å². The lowest BCUT2D eigenvalue weighted by Crippen LogP contribution is -2.18. The van der Waals surface area contributed by atoms with Crippen LogP contribution in [0.5, 0.6) is 5.75 Å². The second-order valence-electron chi connectivity index (χ2n) is 4.83.